The Kier molecular flexibility index (Phi) is 4.61. The monoisotopic (exact) mass is 217 g/mol. The van der Waals surface area contributed by atoms with Crippen molar-refractivity contribution in [2.24, 2.45) is 0 Å². The molecule has 7 nitrogen and oxygen atoms in total. The van der Waals surface area contributed by atoms with E-state index in [1.165, 1.54) is 33.7 Å². The first kappa shape index (κ1) is 11.5. The summed E-state index contributed by atoms with van der Waals surface area (Å²) >= 11 is 0. The molecule has 0 saturated heterocycles. The van der Waals surface area contributed by atoms with Crippen molar-refractivity contribution in [3.05, 3.63) is 12.4 Å². The van der Waals surface area contributed by atoms with E-state index in [0.717, 1.165) is 0 Å². The van der Waals surface area contributed by atoms with Gasteiger partial charge in [-0.3, -0.25) is 4.98 Å². The minimum Gasteiger partial charge on any atom is -0.332 e. The van der Waals surface area contributed by atoms with Crippen LogP contribution in [0.3, 0.4) is 0 Å². The van der Waals surface area contributed by atoms with Crippen molar-refractivity contribution in [3.8, 4) is 17.2 Å². The van der Waals surface area contributed by atoms with Gasteiger partial charge in [-0.25, -0.2) is 0 Å². The van der Waals surface area contributed by atoms with Crippen molar-refractivity contribution in [1.29, 1.82) is 0 Å². The van der Waals surface area contributed by atoms with Gasteiger partial charge in [0.05, 0.1) is 33.7 Å². The molecule has 1 rings (SSSR count). The molecule has 0 amide bonds. The highest BCUT2D eigenvalue weighted by Crippen LogP contribution is 2.36. The third-order valence-corrected chi connectivity index (χ3v) is 1.34. The van der Waals surface area contributed by atoms with Crippen LogP contribution < -0.4 is 14.7 Å². The summed E-state index contributed by atoms with van der Waals surface area (Å²) in [5.41, 5.74) is 0. The lowest BCUT2D eigenvalue weighted by Gasteiger charge is -2.09. The molecule has 0 atom stereocenters. The molecule has 15 heavy (non-hydrogen) atoms. The fourth-order valence-corrected chi connectivity index (χ4v) is 0.875. The molecule has 0 aliphatic heterocycles. The lowest BCUT2D eigenvalue weighted by Crippen LogP contribution is -2.01. The predicted molar refractivity (Wildman–Crippen MR) is 47.1 cm³/mol. The molecule has 1 aromatic rings. The van der Waals surface area contributed by atoms with E-state index in [0.29, 0.717) is 0 Å². The van der Waals surface area contributed by atoms with E-state index in [4.69, 9.17) is 14.7 Å². The molecule has 0 aromatic carbocycles. The average Bonchev–Trinajstić information content (AvgIpc) is 2.23. The van der Waals surface area contributed by atoms with Crippen LogP contribution in [0.25, 0.3) is 0 Å². The molecule has 0 bridgehead atoms. The topological polar surface area (TPSA) is 68.3 Å². The van der Waals surface area contributed by atoms with Crippen molar-refractivity contribution in [3.63, 3.8) is 0 Å². The molecule has 0 radical (unpaired) electrons. The maximum absolute atomic E-state index is 4.82. The zero-order valence-electron chi connectivity index (χ0n) is 8.55. The van der Waals surface area contributed by atoms with E-state index < -0.39 is 0 Å². The van der Waals surface area contributed by atoms with Crippen molar-refractivity contribution in [1.82, 2.24) is 4.98 Å². The molecular weight excluding hydrogens is 206 g/mol. The van der Waals surface area contributed by atoms with Crippen molar-refractivity contribution in [2.75, 3.05) is 21.3 Å². The third kappa shape index (κ3) is 2.94. The van der Waals surface area contributed by atoms with Gasteiger partial charge in [-0.2, -0.15) is 14.7 Å². The number of rotatable bonds is 6. The second-order valence-corrected chi connectivity index (χ2v) is 2.21. The second kappa shape index (κ2) is 6.02. The molecule has 0 aliphatic carbocycles. The van der Waals surface area contributed by atoms with Gasteiger partial charge in [0.25, 0.3) is 5.75 Å². The lowest BCUT2D eigenvalue weighted by molar-refractivity contribution is -0.214. The molecule has 0 spiro atoms. The largest absolute Gasteiger partial charge is 0.332 e. The van der Waals surface area contributed by atoms with Gasteiger partial charge < -0.3 is 14.7 Å². The van der Waals surface area contributed by atoms with Crippen LogP contribution in [0, 0.1) is 0 Å². The third-order valence-electron chi connectivity index (χ3n) is 1.34. The van der Waals surface area contributed by atoms with Crippen LogP contribution in [0.15, 0.2) is 12.4 Å². The molecular formula is C8H11NO6. The van der Waals surface area contributed by atoms with Gasteiger partial charge in [0.2, 0.25) is 11.5 Å². The quantitative estimate of drug-likeness (QED) is 0.518. The first-order chi connectivity index (χ1) is 7.33. The lowest BCUT2D eigenvalue weighted by atomic mass is 10.4. The second-order valence-electron chi connectivity index (χ2n) is 2.21. The van der Waals surface area contributed by atoms with Gasteiger partial charge >= 0.3 is 0 Å². The Morgan fingerprint density at radius 1 is 0.800 bits per heavy atom. The molecule has 0 N–H and O–H groups in total. The van der Waals surface area contributed by atoms with Crippen molar-refractivity contribution in [2.45, 2.75) is 0 Å². The predicted octanol–water partition coefficient (Wildman–Crippen LogP) is 0.902. The van der Waals surface area contributed by atoms with E-state index in [1.54, 1.807) is 0 Å². The molecule has 1 heterocycles. The number of hydrogen-bond acceptors (Lipinski definition) is 7. The molecule has 84 valence electrons. The minimum absolute atomic E-state index is 0.163. The van der Waals surface area contributed by atoms with E-state index in [-0.39, 0.29) is 17.2 Å². The van der Waals surface area contributed by atoms with E-state index in [1.807, 2.05) is 0 Å². The summed E-state index contributed by atoms with van der Waals surface area (Å²) < 4.78 is 0. The standard InChI is InChI=1S/C8H11NO6/c1-10-13-6-4-9-5-7(14-11-2)8(6)15-12-3/h4-5H,1-3H3. The number of pyridine rings is 1. The summed E-state index contributed by atoms with van der Waals surface area (Å²) in [5, 5.41) is 0. The zero-order chi connectivity index (χ0) is 11.1. The van der Waals surface area contributed by atoms with Crippen LogP contribution >= 0.6 is 0 Å². The van der Waals surface area contributed by atoms with E-state index >= 15 is 0 Å². The highest BCUT2D eigenvalue weighted by molar-refractivity contribution is 5.47. The Hall–Kier alpha value is -1.57. The normalized spacial score (nSPS) is 9.80. The summed E-state index contributed by atoms with van der Waals surface area (Å²) in [6, 6.07) is 0. The van der Waals surface area contributed by atoms with Crippen LogP contribution in [-0.4, -0.2) is 26.3 Å². The Morgan fingerprint density at radius 3 is 1.67 bits per heavy atom. The van der Waals surface area contributed by atoms with Crippen LogP contribution in [0.4, 0.5) is 0 Å². The number of hydrogen-bond donors (Lipinski definition) is 0. The van der Waals surface area contributed by atoms with Crippen LogP contribution in [0.2, 0.25) is 0 Å². The van der Waals surface area contributed by atoms with E-state index in [2.05, 4.69) is 19.6 Å². The van der Waals surface area contributed by atoms with Crippen LogP contribution in [-0.2, 0) is 14.7 Å². The van der Waals surface area contributed by atoms with Gasteiger partial charge in [0.1, 0.15) is 0 Å². The number of nitrogens with zero attached hydrogens (tertiary/aromatic N) is 1. The fraction of sp³-hybridized carbons (Fsp3) is 0.375. The Bertz CT molecular complexity index is 281. The molecule has 0 fully saturated rings. The van der Waals surface area contributed by atoms with Crippen molar-refractivity contribution < 1.29 is 29.3 Å². The van der Waals surface area contributed by atoms with Gasteiger partial charge in [0, 0.05) is 0 Å². The Balaban J connectivity index is 2.97. The summed E-state index contributed by atoms with van der Waals surface area (Å²) in [6.07, 6.45) is 2.75. The maximum Gasteiger partial charge on any atom is 0.260 e. The Morgan fingerprint density at radius 2 is 1.27 bits per heavy atom. The summed E-state index contributed by atoms with van der Waals surface area (Å²) in [7, 11) is 4.04. The van der Waals surface area contributed by atoms with Crippen LogP contribution in [0.5, 0.6) is 17.2 Å². The van der Waals surface area contributed by atoms with Gasteiger partial charge in [0.15, 0.2) is 0 Å². The molecule has 7 heteroatoms. The first-order valence-corrected chi connectivity index (χ1v) is 3.93. The van der Waals surface area contributed by atoms with Crippen molar-refractivity contribution >= 4 is 0 Å². The van der Waals surface area contributed by atoms with Crippen LogP contribution in [0.1, 0.15) is 0 Å². The zero-order valence-corrected chi connectivity index (χ0v) is 8.55. The average molecular weight is 217 g/mol. The first-order valence-electron chi connectivity index (χ1n) is 3.93. The van der Waals surface area contributed by atoms with Gasteiger partial charge in [-0.1, -0.05) is 0 Å². The summed E-state index contributed by atoms with van der Waals surface area (Å²) in [5.74, 6) is 0.569. The smallest absolute Gasteiger partial charge is 0.260 e. The summed E-state index contributed by atoms with van der Waals surface area (Å²) in [4.78, 5) is 31.6. The highest BCUT2D eigenvalue weighted by Gasteiger charge is 2.16. The SMILES string of the molecule is COOc1cncc(OOC)c1OOC. The minimum atomic E-state index is 0.163. The molecule has 0 aliphatic rings. The highest BCUT2D eigenvalue weighted by atomic mass is 17.2. The molecule has 0 saturated carbocycles. The fourth-order valence-electron chi connectivity index (χ4n) is 0.875. The number of aromatic nitrogens is 1. The Labute approximate surface area is 86.2 Å². The maximum atomic E-state index is 4.82. The van der Waals surface area contributed by atoms with Gasteiger partial charge in [-0.05, 0) is 0 Å². The molecule has 0 unspecified atom stereocenters. The molecule has 1 aromatic heterocycles. The van der Waals surface area contributed by atoms with E-state index in [9.17, 15) is 0 Å². The van der Waals surface area contributed by atoms with Gasteiger partial charge in [-0.15, -0.1) is 0 Å². The summed E-state index contributed by atoms with van der Waals surface area (Å²) in [6.45, 7) is 0.